The summed E-state index contributed by atoms with van der Waals surface area (Å²) in [6.07, 6.45) is 1.99. The fourth-order valence-electron chi connectivity index (χ4n) is 2.72. The van der Waals surface area contributed by atoms with Crippen LogP contribution in [0.4, 0.5) is 0 Å². The zero-order valence-corrected chi connectivity index (χ0v) is 16.1. The highest BCUT2D eigenvalue weighted by Crippen LogP contribution is 2.40. The summed E-state index contributed by atoms with van der Waals surface area (Å²) in [6, 6.07) is 13.4. The minimum Gasteiger partial charge on any atom is -0.480 e. The molecule has 2 N–H and O–H groups in total. The number of benzene rings is 1. The number of thioether (sulfide) groups is 1. The molecule has 0 amide bonds. The van der Waals surface area contributed by atoms with Crippen LogP contribution in [0.5, 0.6) is 0 Å². The maximum Gasteiger partial charge on any atom is 0.321 e. The highest BCUT2D eigenvalue weighted by molar-refractivity contribution is 9.11. The molecular formula is C17H14BrN3O2S2. The van der Waals surface area contributed by atoms with Crippen LogP contribution in [-0.4, -0.2) is 32.7 Å². The molecule has 5 nitrogen and oxygen atoms in total. The first-order chi connectivity index (χ1) is 12.1. The molecule has 1 aliphatic rings. The van der Waals surface area contributed by atoms with E-state index in [0.717, 1.165) is 25.6 Å². The van der Waals surface area contributed by atoms with Gasteiger partial charge < -0.3 is 5.11 Å². The van der Waals surface area contributed by atoms with E-state index in [9.17, 15) is 9.90 Å². The molecular weight excluding hydrogens is 422 g/mol. The maximum absolute atomic E-state index is 11.3. The van der Waals surface area contributed by atoms with E-state index in [4.69, 9.17) is 5.10 Å². The molecule has 8 heteroatoms. The predicted molar refractivity (Wildman–Crippen MR) is 104 cm³/mol. The standard InChI is InChI=1S/C17H14BrN3O2S2/c18-14-7-6-13(25-14)15-11(16-19-12(9-24-16)17(22)23)8-21(20-15)10-4-2-1-3-5-10/h1-8,12,16,19H,9H2,(H,22,23). The Morgan fingerprint density at radius 3 is 2.72 bits per heavy atom. The van der Waals surface area contributed by atoms with Gasteiger partial charge in [-0.05, 0) is 40.2 Å². The second-order valence-electron chi connectivity index (χ2n) is 5.59. The van der Waals surface area contributed by atoms with E-state index in [1.165, 1.54) is 0 Å². The summed E-state index contributed by atoms with van der Waals surface area (Å²) in [5, 5.41) is 17.1. The van der Waals surface area contributed by atoms with Crippen molar-refractivity contribution in [3.63, 3.8) is 0 Å². The van der Waals surface area contributed by atoms with Crippen LogP contribution in [0, 0.1) is 0 Å². The number of aromatic nitrogens is 2. The first-order valence-corrected chi connectivity index (χ1v) is 10.3. The molecule has 1 aliphatic heterocycles. The minimum absolute atomic E-state index is 0.0885. The van der Waals surface area contributed by atoms with Crippen LogP contribution < -0.4 is 5.32 Å². The molecule has 2 aromatic heterocycles. The van der Waals surface area contributed by atoms with Crippen molar-refractivity contribution in [3.05, 3.63) is 58.0 Å². The lowest BCUT2D eigenvalue weighted by molar-refractivity contribution is -0.138. The molecule has 0 radical (unpaired) electrons. The first-order valence-electron chi connectivity index (χ1n) is 7.63. The Balaban J connectivity index is 1.76. The van der Waals surface area contributed by atoms with Crippen LogP contribution >= 0.6 is 39.0 Å². The lowest BCUT2D eigenvalue weighted by atomic mass is 10.2. The molecule has 1 saturated heterocycles. The Kier molecular flexibility index (Phi) is 4.68. The third-order valence-electron chi connectivity index (χ3n) is 3.93. The number of nitrogens with zero attached hydrogens (tertiary/aromatic N) is 2. The number of carbonyl (C=O) groups is 1. The molecule has 3 heterocycles. The van der Waals surface area contributed by atoms with Gasteiger partial charge in [0.15, 0.2) is 0 Å². The maximum atomic E-state index is 11.3. The van der Waals surface area contributed by atoms with Gasteiger partial charge in [-0.15, -0.1) is 23.1 Å². The second kappa shape index (κ2) is 6.95. The van der Waals surface area contributed by atoms with E-state index in [-0.39, 0.29) is 5.37 Å². The van der Waals surface area contributed by atoms with Crippen molar-refractivity contribution in [2.24, 2.45) is 0 Å². The van der Waals surface area contributed by atoms with Gasteiger partial charge in [0.2, 0.25) is 0 Å². The fourth-order valence-corrected chi connectivity index (χ4v) is 5.35. The minimum atomic E-state index is -0.814. The topological polar surface area (TPSA) is 67.1 Å². The Morgan fingerprint density at radius 1 is 1.28 bits per heavy atom. The van der Waals surface area contributed by atoms with Gasteiger partial charge in [0, 0.05) is 17.5 Å². The van der Waals surface area contributed by atoms with Crippen molar-refractivity contribution in [1.29, 1.82) is 0 Å². The monoisotopic (exact) mass is 435 g/mol. The van der Waals surface area contributed by atoms with E-state index in [1.54, 1.807) is 23.1 Å². The molecule has 1 fully saturated rings. The molecule has 1 aromatic carbocycles. The quantitative estimate of drug-likeness (QED) is 0.643. The van der Waals surface area contributed by atoms with Gasteiger partial charge in [0.1, 0.15) is 11.7 Å². The summed E-state index contributed by atoms with van der Waals surface area (Å²) < 4.78 is 2.90. The molecule has 25 heavy (non-hydrogen) atoms. The van der Waals surface area contributed by atoms with Crippen LogP contribution in [-0.2, 0) is 4.79 Å². The fraction of sp³-hybridized carbons (Fsp3) is 0.176. The molecule has 0 aliphatic carbocycles. The lowest BCUT2D eigenvalue weighted by Crippen LogP contribution is -2.33. The summed E-state index contributed by atoms with van der Waals surface area (Å²) in [5.74, 6) is -0.268. The molecule has 128 valence electrons. The third kappa shape index (κ3) is 3.39. The Hall–Kier alpha value is -1.61. The number of aliphatic carboxylic acids is 1. The zero-order valence-electron chi connectivity index (χ0n) is 12.9. The van der Waals surface area contributed by atoms with Crippen molar-refractivity contribution in [1.82, 2.24) is 15.1 Å². The van der Waals surface area contributed by atoms with Crippen LogP contribution in [0.15, 0.2) is 52.4 Å². The van der Waals surface area contributed by atoms with Crippen molar-refractivity contribution in [2.75, 3.05) is 5.75 Å². The molecule has 0 saturated carbocycles. The lowest BCUT2D eigenvalue weighted by Gasteiger charge is -2.10. The summed E-state index contributed by atoms with van der Waals surface area (Å²) in [7, 11) is 0. The zero-order chi connectivity index (χ0) is 17.4. The van der Waals surface area contributed by atoms with Crippen molar-refractivity contribution in [2.45, 2.75) is 11.4 Å². The number of carboxylic acid groups (broad SMARTS) is 1. The molecule has 0 spiro atoms. The molecule has 3 aromatic rings. The van der Waals surface area contributed by atoms with Crippen LogP contribution in [0.1, 0.15) is 10.9 Å². The number of carboxylic acids is 1. The van der Waals surface area contributed by atoms with Gasteiger partial charge in [-0.3, -0.25) is 10.1 Å². The van der Waals surface area contributed by atoms with Gasteiger partial charge >= 0.3 is 5.97 Å². The number of halogens is 1. The summed E-state index contributed by atoms with van der Waals surface area (Å²) >= 11 is 6.72. The smallest absolute Gasteiger partial charge is 0.321 e. The highest BCUT2D eigenvalue weighted by Gasteiger charge is 2.33. The van der Waals surface area contributed by atoms with Crippen molar-refractivity contribution >= 4 is 45.0 Å². The highest BCUT2D eigenvalue weighted by atomic mass is 79.9. The van der Waals surface area contributed by atoms with Crippen LogP contribution in [0.3, 0.4) is 0 Å². The Morgan fingerprint density at radius 2 is 2.08 bits per heavy atom. The van der Waals surface area contributed by atoms with E-state index >= 15 is 0 Å². The summed E-state index contributed by atoms with van der Waals surface area (Å²) in [6.45, 7) is 0. The van der Waals surface area contributed by atoms with E-state index in [0.29, 0.717) is 5.75 Å². The number of nitrogens with one attached hydrogen (secondary N) is 1. The first kappa shape index (κ1) is 16.8. The van der Waals surface area contributed by atoms with Gasteiger partial charge in [0.25, 0.3) is 0 Å². The van der Waals surface area contributed by atoms with Gasteiger partial charge in [-0.1, -0.05) is 18.2 Å². The van der Waals surface area contributed by atoms with Crippen LogP contribution in [0.25, 0.3) is 16.3 Å². The average Bonchev–Trinajstić information content (AvgIpc) is 3.34. The van der Waals surface area contributed by atoms with Crippen LogP contribution in [0.2, 0.25) is 0 Å². The second-order valence-corrected chi connectivity index (χ2v) is 9.19. The van der Waals surface area contributed by atoms with E-state index < -0.39 is 12.0 Å². The summed E-state index contributed by atoms with van der Waals surface area (Å²) in [5.41, 5.74) is 2.87. The van der Waals surface area contributed by atoms with Gasteiger partial charge in [0.05, 0.1) is 19.7 Å². The average molecular weight is 436 g/mol. The van der Waals surface area contributed by atoms with E-state index in [2.05, 4.69) is 21.2 Å². The summed E-state index contributed by atoms with van der Waals surface area (Å²) in [4.78, 5) is 12.3. The predicted octanol–water partition coefficient (Wildman–Crippen LogP) is 4.15. The molecule has 4 rings (SSSR count). The molecule has 2 unspecified atom stereocenters. The number of para-hydroxylation sites is 1. The van der Waals surface area contributed by atoms with Crippen molar-refractivity contribution < 1.29 is 9.90 Å². The number of hydrogen-bond acceptors (Lipinski definition) is 5. The third-order valence-corrected chi connectivity index (χ3v) is 6.81. The van der Waals surface area contributed by atoms with Gasteiger partial charge in [-0.2, -0.15) is 5.10 Å². The SMILES string of the molecule is O=C(O)C1CSC(c2cn(-c3ccccc3)nc2-c2ccc(Br)s2)N1. The van der Waals surface area contributed by atoms with Gasteiger partial charge in [-0.25, -0.2) is 4.68 Å². The Labute approximate surface area is 161 Å². The molecule has 0 bridgehead atoms. The number of rotatable bonds is 4. The van der Waals surface area contributed by atoms with E-state index in [1.807, 2.05) is 53.3 Å². The number of hydrogen-bond donors (Lipinski definition) is 2. The number of thiophene rings is 1. The normalized spacial score (nSPS) is 20.0. The largest absolute Gasteiger partial charge is 0.480 e. The van der Waals surface area contributed by atoms with Crippen molar-refractivity contribution in [3.8, 4) is 16.3 Å². The molecule has 2 atom stereocenters. The Bertz CT molecular complexity index is 910.